The van der Waals surface area contributed by atoms with Gasteiger partial charge in [0.05, 0.1) is 24.6 Å². The van der Waals surface area contributed by atoms with Crippen LogP contribution in [-0.4, -0.2) is 49.1 Å². The third-order valence-electron chi connectivity index (χ3n) is 5.59. The molecule has 2 aromatic heterocycles. The third kappa shape index (κ3) is 6.74. The largest absolute Gasteiger partial charge is 0.497 e. The summed E-state index contributed by atoms with van der Waals surface area (Å²) in [6, 6.07) is 19.1. The van der Waals surface area contributed by atoms with Crippen molar-refractivity contribution in [3.05, 3.63) is 78.0 Å². The second-order valence-electron chi connectivity index (χ2n) is 9.91. The molecule has 0 fully saturated rings. The van der Waals surface area contributed by atoms with Crippen molar-refractivity contribution < 1.29 is 27.5 Å². The maximum absolute atomic E-state index is 13.6. The van der Waals surface area contributed by atoms with Gasteiger partial charge in [0.25, 0.3) is 0 Å². The fourth-order valence-corrected chi connectivity index (χ4v) is 4.56. The number of benzene rings is 2. The lowest BCUT2D eigenvalue weighted by atomic mass is 10.0. The highest BCUT2D eigenvalue weighted by Gasteiger charge is 2.27. The van der Waals surface area contributed by atoms with E-state index in [2.05, 4.69) is 10.3 Å². The first kappa shape index (κ1) is 27.6. The van der Waals surface area contributed by atoms with Gasteiger partial charge in [-0.15, -0.1) is 0 Å². The lowest BCUT2D eigenvalue weighted by Gasteiger charge is -2.21. The predicted molar refractivity (Wildman–Crippen MR) is 150 cm³/mol. The Labute approximate surface area is 227 Å². The Morgan fingerprint density at radius 3 is 2.36 bits per heavy atom. The molecule has 4 rings (SSSR count). The molecule has 0 unspecified atom stereocenters. The number of ether oxygens (including phenoxy) is 2. The first-order valence-corrected chi connectivity index (χ1v) is 14.0. The second kappa shape index (κ2) is 10.8. The maximum atomic E-state index is 13.6. The molecule has 2 N–H and O–H groups in total. The van der Waals surface area contributed by atoms with E-state index in [0.29, 0.717) is 29.1 Å². The Kier molecular flexibility index (Phi) is 7.64. The average Bonchev–Trinajstić information content (AvgIpc) is 3.16. The van der Waals surface area contributed by atoms with E-state index >= 15 is 0 Å². The first-order valence-electron chi connectivity index (χ1n) is 12.1. The summed E-state index contributed by atoms with van der Waals surface area (Å²) in [5.41, 5.74) is 2.73. The number of methoxy groups -OCH3 is 1. The Hall–Kier alpha value is -4.38. The number of nitrogens with zero attached hydrogens (tertiary/aromatic N) is 2. The molecule has 4 aromatic rings. The second-order valence-corrected chi connectivity index (χ2v) is 11.7. The number of sulfonamides is 1. The summed E-state index contributed by atoms with van der Waals surface area (Å²) in [5, 5.41) is 3.24. The summed E-state index contributed by atoms with van der Waals surface area (Å²) in [7, 11) is -2.17. The summed E-state index contributed by atoms with van der Waals surface area (Å²) in [4.78, 5) is 30.2. The minimum Gasteiger partial charge on any atom is -0.497 e. The summed E-state index contributed by atoms with van der Waals surface area (Å²) in [5.74, 6) is 0.754. The van der Waals surface area contributed by atoms with E-state index in [-0.39, 0.29) is 5.82 Å². The average molecular weight is 551 g/mol. The molecule has 0 bridgehead atoms. The predicted octanol–water partition coefficient (Wildman–Crippen LogP) is 5.17. The van der Waals surface area contributed by atoms with Gasteiger partial charge in [-0.2, -0.15) is 0 Å². The molecule has 11 heteroatoms. The number of fused-ring (bicyclic) bond motifs is 1. The van der Waals surface area contributed by atoms with Crippen LogP contribution in [0.4, 0.5) is 15.4 Å². The molecule has 0 atom stereocenters. The number of nitrogens with one attached hydrogen (secondary N) is 2. The van der Waals surface area contributed by atoms with Crippen LogP contribution in [0.1, 0.15) is 32.0 Å². The Morgan fingerprint density at radius 2 is 1.72 bits per heavy atom. The molecule has 0 spiro atoms. The molecule has 0 aliphatic rings. The Balaban J connectivity index is 1.87. The summed E-state index contributed by atoms with van der Waals surface area (Å²) in [6.45, 7) is 5.42. The highest BCUT2D eigenvalue weighted by molar-refractivity contribution is 7.89. The molecule has 0 radical (unpaired) electrons. The van der Waals surface area contributed by atoms with Gasteiger partial charge in [-0.25, -0.2) is 32.3 Å². The minimum atomic E-state index is -3.73. The van der Waals surface area contributed by atoms with Crippen LogP contribution in [0.15, 0.2) is 66.7 Å². The van der Waals surface area contributed by atoms with Crippen molar-refractivity contribution in [1.82, 2.24) is 14.3 Å². The van der Waals surface area contributed by atoms with Crippen LogP contribution in [0.25, 0.3) is 22.2 Å². The van der Waals surface area contributed by atoms with Gasteiger partial charge in [0.2, 0.25) is 10.0 Å². The first-order chi connectivity index (χ1) is 18.3. The van der Waals surface area contributed by atoms with Gasteiger partial charge >= 0.3 is 12.1 Å². The number of urea groups is 1. The molecule has 10 nitrogen and oxygen atoms in total. The topological polar surface area (TPSA) is 129 Å². The van der Waals surface area contributed by atoms with Gasteiger partial charge < -0.3 is 9.47 Å². The van der Waals surface area contributed by atoms with Crippen molar-refractivity contribution >= 4 is 38.9 Å². The monoisotopic (exact) mass is 550 g/mol. The normalized spacial score (nSPS) is 11.7. The van der Waals surface area contributed by atoms with Gasteiger partial charge in [0, 0.05) is 23.6 Å². The minimum absolute atomic E-state index is 0.174. The van der Waals surface area contributed by atoms with Gasteiger partial charge in [0.1, 0.15) is 17.2 Å². The molecule has 0 saturated heterocycles. The number of anilines is 1. The number of pyridine rings is 1. The number of rotatable bonds is 6. The molecule has 2 amide bonds. The van der Waals surface area contributed by atoms with Gasteiger partial charge in [-0.3, -0.25) is 5.32 Å². The molecule has 39 heavy (non-hydrogen) atoms. The van der Waals surface area contributed by atoms with Crippen LogP contribution in [0.2, 0.25) is 0 Å². The van der Waals surface area contributed by atoms with Gasteiger partial charge in [-0.05, 0) is 56.2 Å². The Bertz CT molecular complexity index is 1640. The van der Waals surface area contributed by atoms with Crippen molar-refractivity contribution in [2.75, 3.05) is 18.7 Å². The quantitative estimate of drug-likeness (QED) is 0.339. The third-order valence-corrected chi connectivity index (χ3v) is 6.14. The van der Waals surface area contributed by atoms with Crippen LogP contribution in [0, 0.1) is 0 Å². The lowest BCUT2D eigenvalue weighted by molar-refractivity contribution is 0.0547. The molecule has 2 heterocycles. The van der Waals surface area contributed by atoms with Crippen LogP contribution in [0.3, 0.4) is 0 Å². The number of aromatic nitrogens is 2. The summed E-state index contributed by atoms with van der Waals surface area (Å²) < 4.78 is 37.4. The zero-order valence-electron chi connectivity index (χ0n) is 22.3. The van der Waals surface area contributed by atoms with Crippen molar-refractivity contribution in [3.8, 4) is 17.0 Å². The number of carbonyl (C=O) groups excluding carboxylic acids is 2. The molecule has 2 aromatic carbocycles. The van der Waals surface area contributed by atoms with Crippen molar-refractivity contribution in [1.29, 1.82) is 0 Å². The molecular weight excluding hydrogens is 520 g/mol. The molecule has 204 valence electrons. The maximum Gasteiger partial charge on any atom is 0.419 e. The van der Waals surface area contributed by atoms with E-state index in [0.717, 1.165) is 22.8 Å². The van der Waals surface area contributed by atoms with E-state index in [1.807, 2.05) is 68.0 Å². The number of amides is 2. The van der Waals surface area contributed by atoms with Crippen molar-refractivity contribution in [2.45, 2.75) is 32.8 Å². The Morgan fingerprint density at radius 1 is 1.00 bits per heavy atom. The van der Waals surface area contributed by atoms with Gasteiger partial charge in [0.15, 0.2) is 0 Å². The molecular formula is C28H30N4O6S. The van der Waals surface area contributed by atoms with Crippen LogP contribution in [0.5, 0.6) is 5.75 Å². The SMILES string of the molecule is COc1ccc2c(Cc3cccc(NC(=O)NS(C)(=O)=O)n3)c(-c3ccccc3)n(C(=O)OC(C)(C)C)c2c1. The van der Waals surface area contributed by atoms with Crippen LogP contribution in [-0.2, 0) is 21.2 Å². The highest BCUT2D eigenvalue weighted by Crippen LogP contribution is 2.37. The van der Waals surface area contributed by atoms with Crippen molar-refractivity contribution in [2.24, 2.45) is 0 Å². The van der Waals surface area contributed by atoms with Crippen molar-refractivity contribution in [3.63, 3.8) is 0 Å². The molecule has 0 saturated carbocycles. The van der Waals surface area contributed by atoms with Crippen LogP contribution >= 0.6 is 0 Å². The van der Waals surface area contributed by atoms with E-state index in [9.17, 15) is 18.0 Å². The highest BCUT2D eigenvalue weighted by atomic mass is 32.2. The number of hydrogen-bond donors (Lipinski definition) is 2. The van der Waals surface area contributed by atoms with E-state index < -0.39 is 27.7 Å². The zero-order valence-corrected chi connectivity index (χ0v) is 23.1. The zero-order chi connectivity index (χ0) is 28.4. The lowest BCUT2D eigenvalue weighted by Crippen LogP contribution is -2.33. The fraction of sp³-hybridized carbons (Fsp3) is 0.250. The number of carbonyl (C=O) groups is 2. The summed E-state index contributed by atoms with van der Waals surface area (Å²) >= 11 is 0. The molecule has 0 aliphatic heterocycles. The smallest absolute Gasteiger partial charge is 0.419 e. The van der Waals surface area contributed by atoms with E-state index in [4.69, 9.17) is 9.47 Å². The number of hydrogen-bond acceptors (Lipinski definition) is 7. The fourth-order valence-electron chi connectivity index (χ4n) is 4.18. The standard InChI is InChI=1S/C28H30N4O6S/c1-28(2,3)38-27(34)32-23-17-20(37-4)14-15-21(23)22(25(32)18-10-7-6-8-11-18)16-19-12-9-13-24(29-19)30-26(33)31-39(5,35)36/h6-15,17H,16H2,1-5H3,(H2,29,30,31,33). The van der Waals surface area contributed by atoms with E-state index in [1.165, 1.54) is 0 Å². The van der Waals surface area contributed by atoms with E-state index in [1.54, 1.807) is 35.9 Å². The van der Waals surface area contributed by atoms with Crippen LogP contribution < -0.4 is 14.8 Å². The summed E-state index contributed by atoms with van der Waals surface area (Å²) in [6.07, 6.45) is 0.648. The molecule has 0 aliphatic carbocycles. The van der Waals surface area contributed by atoms with Gasteiger partial charge in [-0.1, -0.05) is 36.4 Å².